The number of nitrogens with zero attached hydrogens (tertiary/aromatic N) is 2. The fraction of sp³-hybridized carbons (Fsp3) is 0.143. The van der Waals surface area contributed by atoms with Crippen LogP contribution in [0.1, 0.15) is 10.4 Å². The molecule has 1 atom stereocenters. The van der Waals surface area contributed by atoms with E-state index in [-0.39, 0.29) is 27.1 Å². The maximum atomic E-state index is 12.0. The van der Waals surface area contributed by atoms with Crippen LogP contribution in [-0.4, -0.2) is 11.4 Å². The minimum atomic E-state index is -0.148. The Bertz CT molecular complexity index is 642. The monoisotopic (exact) mass is 406 g/mol. The van der Waals surface area contributed by atoms with E-state index in [1.54, 1.807) is 0 Å². The van der Waals surface area contributed by atoms with Crippen molar-refractivity contribution in [3.05, 3.63) is 68.3 Å². The highest BCUT2D eigenvalue weighted by Gasteiger charge is 2.15. The molecule has 0 spiro atoms. The van der Waals surface area contributed by atoms with Gasteiger partial charge in [-0.2, -0.15) is 0 Å². The molecule has 2 aromatic rings. The summed E-state index contributed by atoms with van der Waals surface area (Å²) in [4.78, 5) is 0.401. The zero-order chi connectivity index (χ0) is 15.4. The Kier molecular flexibility index (Phi) is 5.88. The van der Waals surface area contributed by atoms with Crippen molar-refractivity contribution >= 4 is 56.4 Å². The normalized spacial score (nSPS) is 13.2. The third kappa shape index (κ3) is 4.58. The molecule has 0 aliphatic rings. The molecule has 0 N–H and O–H groups in total. The molecule has 0 aromatic heterocycles. The van der Waals surface area contributed by atoms with Crippen LogP contribution in [0.3, 0.4) is 0 Å². The molecule has 0 saturated carbocycles. The van der Waals surface area contributed by atoms with Crippen LogP contribution >= 0.6 is 50.7 Å². The first-order chi connectivity index (χ1) is 9.97. The van der Waals surface area contributed by atoms with Gasteiger partial charge in [0.15, 0.2) is 12.2 Å². The number of rotatable bonds is 4. The summed E-state index contributed by atoms with van der Waals surface area (Å²) in [5.74, 6) is 0. The van der Waals surface area contributed by atoms with Gasteiger partial charge in [0.2, 0.25) is 0 Å². The van der Waals surface area contributed by atoms with Gasteiger partial charge in [0.25, 0.3) is 0 Å². The van der Waals surface area contributed by atoms with E-state index in [0.717, 1.165) is 5.56 Å². The third-order valence-electron chi connectivity index (χ3n) is 2.67. The van der Waals surface area contributed by atoms with Gasteiger partial charge in [-0.3, -0.25) is 0 Å². The Labute approximate surface area is 145 Å². The van der Waals surface area contributed by atoms with E-state index in [0.29, 0.717) is 9.88 Å². The van der Waals surface area contributed by atoms with Gasteiger partial charge in [-0.25, -0.2) is 0 Å². The molecule has 2 aromatic carbocycles. The minimum Gasteiger partial charge on any atom is -0.600 e. The SMILES string of the molecule is [O-][N+](CC(Br)c1ccccc1)=Nc1c(Cl)cc(Cl)cc1Cl. The third-order valence-corrected chi connectivity index (χ3v) is 4.28. The zero-order valence-corrected chi connectivity index (χ0v) is 14.5. The highest BCUT2D eigenvalue weighted by Crippen LogP contribution is 2.36. The molecule has 0 radical (unpaired) electrons. The van der Waals surface area contributed by atoms with Crippen LogP contribution in [0.2, 0.25) is 15.1 Å². The summed E-state index contributed by atoms with van der Waals surface area (Å²) in [7, 11) is 0. The Morgan fingerprint density at radius 2 is 1.67 bits per heavy atom. The average Bonchev–Trinajstić information content (AvgIpc) is 2.43. The first-order valence-electron chi connectivity index (χ1n) is 5.97. The Hall–Kier alpha value is -0.810. The second kappa shape index (κ2) is 7.45. The molecule has 0 bridgehead atoms. The minimum absolute atomic E-state index is 0.124. The van der Waals surface area contributed by atoms with Gasteiger partial charge in [0.1, 0.15) is 4.83 Å². The standard InChI is InChI=1S/C14H10BrCl3N2O/c15-11(9-4-2-1-3-5-9)8-20(21)19-14-12(17)6-10(16)7-13(14)18/h1-7,11H,8H2. The van der Waals surface area contributed by atoms with E-state index in [9.17, 15) is 5.21 Å². The van der Waals surface area contributed by atoms with Crippen molar-refractivity contribution in [2.75, 3.05) is 6.54 Å². The average molecular weight is 409 g/mol. The molecule has 21 heavy (non-hydrogen) atoms. The predicted molar refractivity (Wildman–Crippen MR) is 90.2 cm³/mol. The number of hydrogen-bond acceptors (Lipinski definition) is 2. The van der Waals surface area contributed by atoms with Gasteiger partial charge < -0.3 is 5.21 Å². The van der Waals surface area contributed by atoms with Gasteiger partial charge in [0, 0.05) is 10.1 Å². The van der Waals surface area contributed by atoms with Crippen LogP contribution < -0.4 is 0 Å². The van der Waals surface area contributed by atoms with Crippen molar-refractivity contribution in [3.63, 3.8) is 0 Å². The first kappa shape index (κ1) is 16.6. The lowest BCUT2D eigenvalue weighted by Gasteiger charge is -2.09. The highest BCUT2D eigenvalue weighted by atomic mass is 79.9. The van der Waals surface area contributed by atoms with Crippen LogP contribution in [-0.2, 0) is 0 Å². The van der Waals surface area contributed by atoms with Crippen LogP contribution in [0.15, 0.2) is 47.6 Å². The molecule has 7 heteroatoms. The second-order valence-corrected chi connectivity index (χ2v) is 6.59. The van der Waals surface area contributed by atoms with E-state index < -0.39 is 0 Å². The summed E-state index contributed by atoms with van der Waals surface area (Å²) in [6.45, 7) is 0.124. The van der Waals surface area contributed by atoms with Crippen molar-refractivity contribution in [2.45, 2.75) is 4.83 Å². The molecule has 0 aliphatic carbocycles. The van der Waals surface area contributed by atoms with Crippen molar-refractivity contribution in [1.29, 1.82) is 0 Å². The smallest absolute Gasteiger partial charge is 0.197 e. The molecule has 0 aliphatic heterocycles. The Morgan fingerprint density at radius 1 is 1.10 bits per heavy atom. The first-order valence-corrected chi connectivity index (χ1v) is 8.02. The van der Waals surface area contributed by atoms with Crippen molar-refractivity contribution in [2.24, 2.45) is 5.11 Å². The summed E-state index contributed by atoms with van der Waals surface area (Å²) in [5.41, 5.74) is 1.20. The van der Waals surface area contributed by atoms with Crippen molar-refractivity contribution in [3.8, 4) is 0 Å². The highest BCUT2D eigenvalue weighted by molar-refractivity contribution is 9.09. The number of hydrogen-bond donors (Lipinski definition) is 0. The van der Waals surface area contributed by atoms with E-state index >= 15 is 0 Å². The molecular weight excluding hydrogens is 398 g/mol. The molecule has 3 nitrogen and oxygen atoms in total. The van der Waals surface area contributed by atoms with E-state index in [2.05, 4.69) is 21.0 Å². The number of hydroxylamine groups is 1. The number of halogens is 4. The largest absolute Gasteiger partial charge is 0.600 e. The van der Waals surface area contributed by atoms with Gasteiger partial charge in [-0.05, 0) is 17.7 Å². The lowest BCUT2D eigenvalue weighted by Crippen LogP contribution is -2.08. The molecule has 0 heterocycles. The summed E-state index contributed by atoms with van der Waals surface area (Å²) >= 11 is 21.3. The van der Waals surface area contributed by atoms with E-state index in [1.165, 1.54) is 12.1 Å². The molecule has 0 amide bonds. The van der Waals surface area contributed by atoms with Crippen LogP contribution in [0.4, 0.5) is 5.69 Å². The van der Waals surface area contributed by atoms with E-state index in [4.69, 9.17) is 34.8 Å². The summed E-state index contributed by atoms with van der Waals surface area (Å²) in [6.07, 6.45) is 0. The van der Waals surface area contributed by atoms with Gasteiger partial charge >= 0.3 is 0 Å². The summed E-state index contributed by atoms with van der Waals surface area (Å²) in [6, 6.07) is 12.6. The fourth-order valence-corrected chi connectivity index (χ4v) is 3.13. The zero-order valence-electron chi connectivity index (χ0n) is 10.6. The Balaban J connectivity index is 2.19. The summed E-state index contributed by atoms with van der Waals surface area (Å²) < 4.78 is 0. The predicted octanol–water partition coefficient (Wildman–Crippen LogP) is 6.38. The quantitative estimate of drug-likeness (QED) is 0.250. The van der Waals surface area contributed by atoms with Gasteiger partial charge in [-0.1, -0.05) is 85.9 Å². The van der Waals surface area contributed by atoms with Crippen molar-refractivity contribution in [1.82, 2.24) is 0 Å². The van der Waals surface area contributed by atoms with Crippen LogP contribution in [0, 0.1) is 5.21 Å². The molecule has 0 saturated heterocycles. The lowest BCUT2D eigenvalue weighted by molar-refractivity contribution is -0.524. The second-order valence-electron chi connectivity index (χ2n) is 4.23. The number of azo groups is 1. The van der Waals surface area contributed by atoms with E-state index in [1.807, 2.05) is 30.3 Å². The Morgan fingerprint density at radius 3 is 2.24 bits per heavy atom. The topological polar surface area (TPSA) is 38.4 Å². The van der Waals surface area contributed by atoms with Crippen LogP contribution in [0.5, 0.6) is 0 Å². The van der Waals surface area contributed by atoms with Gasteiger partial charge in [0.05, 0.1) is 10.0 Å². The maximum Gasteiger partial charge on any atom is 0.197 e. The maximum absolute atomic E-state index is 12.0. The number of benzene rings is 2. The van der Waals surface area contributed by atoms with Crippen molar-refractivity contribution < 1.29 is 4.86 Å². The fourth-order valence-electron chi connectivity index (χ4n) is 1.69. The van der Waals surface area contributed by atoms with Gasteiger partial charge in [-0.15, -0.1) is 0 Å². The lowest BCUT2D eigenvalue weighted by atomic mass is 10.1. The molecular formula is C14H10BrCl3N2O. The molecule has 0 fully saturated rings. The molecule has 1 unspecified atom stereocenters. The number of alkyl halides is 1. The summed E-state index contributed by atoms with van der Waals surface area (Å²) in [5, 5.41) is 16.7. The molecule has 2 rings (SSSR count). The molecule has 110 valence electrons. The van der Waals surface area contributed by atoms with Crippen LogP contribution in [0.25, 0.3) is 0 Å².